The minimum atomic E-state index is -0.865. The van der Waals surface area contributed by atoms with Crippen LogP contribution in [0, 0.1) is 11.6 Å². The molecule has 3 atom stereocenters. The Bertz CT molecular complexity index is 1110. The normalized spacial score (nSPS) is 21.9. The molecule has 2 aliphatic heterocycles. The van der Waals surface area contributed by atoms with E-state index in [1.165, 1.54) is 12.1 Å². The summed E-state index contributed by atoms with van der Waals surface area (Å²) in [6.07, 6.45) is 0.866. The minimum Gasteiger partial charge on any atom is -0.490 e. The van der Waals surface area contributed by atoms with Crippen LogP contribution in [0.3, 0.4) is 0 Å². The molecule has 2 heterocycles. The van der Waals surface area contributed by atoms with E-state index in [9.17, 15) is 23.2 Å². The maximum atomic E-state index is 13.5. The van der Waals surface area contributed by atoms with E-state index < -0.39 is 23.6 Å². The molecule has 0 aromatic heterocycles. The highest BCUT2D eigenvalue weighted by molar-refractivity contribution is 6.05. The summed E-state index contributed by atoms with van der Waals surface area (Å²) in [6.45, 7) is 0.188. The van der Waals surface area contributed by atoms with Crippen molar-refractivity contribution in [2.45, 2.75) is 37.5 Å². The van der Waals surface area contributed by atoms with Crippen LogP contribution in [-0.2, 0) is 9.53 Å². The lowest BCUT2D eigenvalue weighted by atomic mass is 9.94. The van der Waals surface area contributed by atoms with Gasteiger partial charge in [0.05, 0.1) is 24.1 Å². The van der Waals surface area contributed by atoms with Crippen LogP contribution >= 0.6 is 0 Å². The predicted octanol–water partition coefficient (Wildman–Crippen LogP) is 2.73. The number of hydrogen-bond donors (Lipinski definition) is 2. The molecule has 2 N–H and O–H groups in total. The highest BCUT2D eigenvalue weighted by Crippen LogP contribution is 2.32. The number of benzene rings is 2. The van der Waals surface area contributed by atoms with Crippen LogP contribution < -0.4 is 15.4 Å². The molecule has 10 heteroatoms. The Morgan fingerprint density at radius 2 is 1.85 bits per heavy atom. The maximum absolute atomic E-state index is 13.5. The van der Waals surface area contributed by atoms with E-state index in [0.717, 1.165) is 12.1 Å². The van der Waals surface area contributed by atoms with Gasteiger partial charge in [0.1, 0.15) is 30.1 Å². The number of nitrogens with zero attached hydrogens (tertiary/aromatic N) is 1. The van der Waals surface area contributed by atoms with Gasteiger partial charge in [-0.2, -0.15) is 0 Å². The number of ether oxygens (including phenoxy) is 2. The fourth-order valence-electron chi connectivity index (χ4n) is 4.30. The second-order valence-corrected chi connectivity index (χ2v) is 8.37. The van der Waals surface area contributed by atoms with Gasteiger partial charge in [0.2, 0.25) is 5.91 Å². The molecule has 3 amide bonds. The number of amides is 3. The molecule has 0 unspecified atom stereocenters. The predicted molar refractivity (Wildman–Crippen MR) is 119 cm³/mol. The van der Waals surface area contributed by atoms with Crippen LogP contribution in [0.5, 0.6) is 5.75 Å². The van der Waals surface area contributed by atoms with Crippen molar-refractivity contribution in [3.05, 3.63) is 59.2 Å². The SMILES string of the molecule is CNC(=O)C[C@H]1CC[C@H]2[C@@H](COc3ccc(NC(=O)c4cc(F)cc(F)c4)cc3C(=O)N2C)O1. The number of likely N-dealkylation sites (N-methyl/N-ethyl adjacent to an activating group) is 1. The largest absolute Gasteiger partial charge is 0.490 e. The molecule has 4 rings (SSSR count). The Balaban J connectivity index is 1.52. The standard InChI is InChI=1S/C24H25F2N3O5/c1-27-22(30)11-17-4-5-19-21(34-17)12-33-20-6-3-16(10-18(20)24(32)29(19)2)28-23(31)13-7-14(25)9-15(26)8-13/h3,6-10,17,19,21H,4-5,11-12H2,1-2H3,(H,27,30)(H,28,31)/t17-,19+,21-/m1/s1. The summed E-state index contributed by atoms with van der Waals surface area (Å²) in [5.41, 5.74) is 0.343. The van der Waals surface area contributed by atoms with Gasteiger partial charge in [0.25, 0.3) is 11.8 Å². The highest BCUT2D eigenvalue weighted by Gasteiger charge is 2.39. The highest BCUT2D eigenvalue weighted by atomic mass is 19.1. The van der Waals surface area contributed by atoms with Crippen molar-refractivity contribution < 1.29 is 32.6 Å². The number of rotatable bonds is 4. The molecule has 1 saturated heterocycles. The molecule has 34 heavy (non-hydrogen) atoms. The zero-order valence-corrected chi connectivity index (χ0v) is 18.8. The van der Waals surface area contributed by atoms with Crippen molar-refractivity contribution in [2.75, 3.05) is 26.0 Å². The van der Waals surface area contributed by atoms with E-state index in [0.29, 0.717) is 24.7 Å². The van der Waals surface area contributed by atoms with Crippen molar-refractivity contribution in [1.82, 2.24) is 10.2 Å². The van der Waals surface area contributed by atoms with E-state index in [4.69, 9.17) is 9.47 Å². The number of anilines is 1. The molecular weight excluding hydrogens is 448 g/mol. The third-order valence-electron chi connectivity index (χ3n) is 6.09. The third kappa shape index (κ3) is 5.01. The number of fused-ring (bicyclic) bond motifs is 2. The maximum Gasteiger partial charge on any atom is 0.257 e. The summed E-state index contributed by atoms with van der Waals surface area (Å²) in [5, 5.41) is 5.15. The van der Waals surface area contributed by atoms with Crippen LogP contribution in [0.2, 0.25) is 0 Å². The molecule has 1 fully saturated rings. The molecule has 0 aliphatic carbocycles. The van der Waals surface area contributed by atoms with Crippen molar-refractivity contribution in [3.8, 4) is 5.75 Å². The zero-order chi connectivity index (χ0) is 24.4. The topological polar surface area (TPSA) is 97.0 Å². The Hall–Kier alpha value is -3.53. The number of nitrogens with one attached hydrogen (secondary N) is 2. The van der Waals surface area contributed by atoms with Gasteiger partial charge in [0.15, 0.2) is 0 Å². The van der Waals surface area contributed by atoms with Gasteiger partial charge in [-0.15, -0.1) is 0 Å². The lowest BCUT2D eigenvalue weighted by molar-refractivity contribution is -0.133. The zero-order valence-electron chi connectivity index (χ0n) is 18.8. The number of carbonyl (C=O) groups excluding carboxylic acids is 3. The summed E-state index contributed by atoms with van der Waals surface area (Å²) in [7, 11) is 3.25. The first-order chi connectivity index (χ1) is 16.2. The van der Waals surface area contributed by atoms with Crippen LogP contribution in [0.1, 0.15) is 40.0 Å². The average Bonchev–Trinajstić information content (AvgIpc) is 2.81. The molecule has 8 nitrogen and oxygen atoms in total. The van der Waals surface area contributed by atoms with Crippen molar-refractivity contribution >= 4 is 23.4 Å². The fourth-order valence-corrected chi connectivity index (χ4v) is 4.30. The van der Waals surface area contributed by atoms with Gasteiger partial charge in [0, 0.05) is 31.4 Å². The third-order valence-corrected chi connectivity index (χ3v) is 6.09. The molecule has 0 bridgehead atoms. The first-order valence-corrected chi connectivity index (χ1v) is 10.9. The smallest absolute Gasteiger partial charge is 0.257 e. The van der Waals surface area contributed by atoms with Crippen molar-refractivity contribution in [3.63, 3.8) is 0 Å². The summed E-state index contributed by atoms with van der Waals surface area (Å²) in [5.74, 6) is -2.55. The first-order valence-electron chi connectivity index (χ1n) is 10.9. The van der Waals surface area contributed by atoms with Crippen LogP contribution in [0.25, 0.3) is 0 Å². The summed E-state index contributed by atoms with van der Waals surface area (Å²) < 4.78 is 38.9. The summed E-state index contributed by atoms with van der Waals surface area (Å²) in [6, 6.07) is 6.85. The van der Waals surface area contributed by atoms with E-state index >= 15 is 0 Å². The lowest BCUT2D eigenvalue weighted by Gasteiger charge is -2.42. The van der Waals surface area contributed by atoms with Gasteiger partial charge in [-0.25, -0.2) is 8.78 Å². The average molecular weight is 473 g/mol. The Morgan fingerprint density at radius 1 is 1.12 bits per heavy atom. The van der Waals surface area contributed by atoms with Crippen LogP contribution in [0.4, 0.5) is 14.5 Å². The van der Waals surface area contributed by atoms with E-state index in [1.807, 2.05) is 0 Å². The second-order valence-electron chi connectivity index (χ2n) is 8.37. The minimum absolute atomic E-state index is 0.111. The van der Waals surface area contributed by atoms with Gasteiger partial charge in [-0.05, 0) is 43.2 Å². The first kappa shape index (κ1) is 23.6. The molecule has 180 valence electrons. The molecule has 0 radical (unpaired) electrons. The molecular formula is C24H25F2N3O5. The van der Waals surface area contributed by atoms with E-state index in [1.54, 1.807) is 25.1 Å². The molecule has 2 aliphatic rings. The van der Waals surface area contributed by atoms with Gasteiger partial charge < -0.3 is 25.0 Å². The van der Waals surface area contributed by atoms with Crippen LogP contribution in [-0.4, -0.2) is 61.6 Å². The quantitative estimate of drug-likeness (QED) is 0.712. The van der Waals surface area contributed by atoms with Gasteiger partial charge in [-0.1, -0.05) is 0 Å². The van der Waals surface area contributed by atoms with Gasteiger partial charge >= 0.3 is 0 Å². The second kappa shape index (κ2) is 9.76. The number of halogens is 2. The summed E-state index contributed by atoms with van der Waals surface area (Å²) >= 11 is 0. The van der Waals surface area contributed by atoms with Crippen molar-refractivity contribution in [1.29, 1.82) is 0 Å². The Morgan fingerprint density at radius 3 is 2.56 bits per heavy atom. The fraction of sp³-hybridized carbons (Fsp3) is 0.375. The lowest BCUT2D eigenvalue weighted by Crippen LogP contribution is -2.53. The van der Waals surface area contributed by atoms with E-state index in [2.05, 4.69) is 10.6 Å². The molecule has 2 aromatic rings. The van der Waals surface area contributed by atoms with Gasteiger partial charge in [-0.3, -0.25) is 14.4 Å². The molecule has 0 spiro atoms. The summed E-state index contributed by atoms with van der Waals surface area (Å²) in [4.78, 5) is 39.0. The molecule has 0 saturated carbocycles. The number of carbonyl (C=O) groups is 3. The monoisotopic (exact) mass is 473 g/mol. The molecule has 2 aromatic carbocycles. The number of hydrogen-bond acceptors (Lipinski definition) is 5. The van der Waals surface area contributed by atoms with Crippen molar-refractivity contribution in [2.24, 2.45) is 0 Å². The van der Waals surface area contributed by atoms with Crippen LogP contribution in [0.15, 0.2) is 36.4 Å². The Kier molecular flexibility index (Phi) is 6.78. The van der Waals surface area contributed by atoms with E-state index in [-0.39, 0.29) is 53.8 Å². The Labute approximate surface area is 195 Å².